The van der Waals surface area contributed by atoms with Crippen molar-refractivity contribution < 1.29 is 9.13 Å². The Morgan fingerprint density at radius 3 is 2.74 bits per heavy atom. The second-order valence-electron chi connectivity index (χ2n) is 4.59. The minimum atomic E-state index is -0.299. The number of benzene rings is 1. The highest BCUT2D eigenvalue weighted by atomic mass is 79.9. The summed E-state index contributed by atoms with van der Waals surface area (Å²) in [4.78, 5) is 0. The van der Waals surface area contributed by atoms with Gasteiger partial charge >= 0.3 is 0 Å². The van der Waals surface area contributed by atoms with Crippen molar-refractivity contribution >= 4 is 15.9 Å². The normalized spacial score (nSPS) is 10.7. The molecule has 2 nitrogen and oxygen atoms in total. The van der Waals surface area contributed by atoms with Gasteiger partial charge in [-0.3, -0.25) is 0 Å². The van der Waals surface area contributed by atoms with Gasteiger partial charge in [-0.25, -0.2) is 4.39 Å². The maximum Gasteiger partial charge on any atom is 0.165 e. The highest BCUT2D eigenvalue weighted by Crippen LogP contribution is 2.22. The highest BCUT2D eigenvalue weighted by molar-refractivity contribution is 9.10. The van der Waals surface area contributed by atoms with Gasteiger partial charge in [-0.2, -0.15) is 0 Å². The first-order valence-electron chi connectivity index (χ1n) is 7.02. The molecule has 0 saturated carbocycles. The van der Waals surface area contributed by atoms with Crippen LogP contribution in [0.4, 0.5) is 4.39 Å². The van der Waals surface area contributed by atoms with Gasteiger partial charge in [0, 0.05) is 4.47 Å². The van der Waals surface area contributed by atoms with Gasteiger partial charge in [0.25, 0.3) is 0 Å². The minimum Gasteiger partial charge on any atom is -0.490 e. The second-order valence-corrected chi connectivity index (χ2v) is 5.50. The largest absolute Gasteiger partial charge is 0.490 e. The summed E-state index contributed by atoms with van der Waals surface area (Å²) in [7, 11) is 0. The Bertz CT molecular complexity index is 360. The zero-order valence-corrected chi connectivity index (χ0v) is 13.1. The van der Waals surface area contributed by atoms with Crippen molar-refractivity contribution in [2.45, 2.75) is 39.0 Å². The van der Waals surface area contributed by atoms with Gasteiger partial charge in [-0.15, -0.1) is 0 Å². The van der Waals surface area contributed by atoms with E-state index in [9.17, 15) is 4.39 Å². The Kier molecular flexibility index (Phi) is 8.84. The second kappa shape index (κ2) is 10.2. The quantitative estimate of drug-likeness (QED) is 0.636. The van der Waals surface area contributed by atoms with Gasteiger partial charge in [0.2, 0.25) is 0 Å². The van der Waals surface area contributed by atoms with Crippen LogP contribution in [-0.2, 0) is 0 Å². The Labute approximate surface area is 123 Å². The van der Waals surface area contributed by atoms with Crippen molar-refractivity contribution in [2.75, 3.05) is 19.7 Å². The molecule has 0 fully saturated rings. The van der Waals surface area contributed by atoms with E-state index in [0.29, 0.717) is 12.4 Å². The number of rotatable bonds is 10. The molecule has 0 aliphatic carbocycles. The molecule has 0 spiro atoms. The smallest absolute Gasteiger partial charge is 0.165 e. The van der Waals surface area contributed by atoms with Crippen LogP contribution < -0.4 is 10.1 Å². The lowest BCUT2D eigenvalue weighted by atomic mass is 10.2. The van der Waals surface area contributed by atoms with Gasteiger partial charge in [0.15, 0.2) is 11.6 Å². The van der Waals surface area contributed by atoms with Crippen LogP contribution in [0.1, 0.15) is 39.0 Å². The van der Waals surface area contributed by atoms with E-state index in [0.717, 1.165) is 30.4 Å². The van der Waals surface area contributed by atoms with Crippen molar-refractivity contribution in [1.82, 2.24) is 5.32 Å². The van der Waals surface area contributed by atoms with E-state index >= 15 is 0 Å². The van der Waals surface area contributed by atoms with E-state index in [1.54, 1.807) is 12.1 Å². The number of ether oxygens (including phenoxy) is 1. The number of halogens is 2. The summed E-state index contributed by atoms with van der Waals surface area (Å²) in [6, 6.07) is 4.76. The van der Waals surface area contributed by atoms with E-state index < -0.39 is 0 Å². The van der Waals surface area contributed by atoms with E-state index in [1.165, 1.54) is 25.3 Å². The third-order valence-corrected chi connectivity index (χ3v) is 3.32. The lowest BCUT2D eigenvalue weighted by molar-refractivity contribution is 0.290. The topological polar surface area (TPSA) is 21.3 Å². The molecule has 0 amide bonds. The standard InChI is InChI=1S/C15H23BrFNO/c1-2-9-18-10-5-3-4-6-11-19-15-12-13(16)7-8-14(15)17/h7-8,12,18H,2-6,9-11H2,1H3. The maximum absolute atomic E-state index is 13.4. The summed E-state index contributed by atoms with van der Waals surface area (Å²) in [6.45, 7) is 4.95. The molecule has 0 aliphatic heterocycles. The molecule has 1 N–H and O–H groups in total. The first-order valence-corrected chi connectivity index (χ1v) is 7.82. The van der Waals surface area contributed by atoms with Crippen molar-refractivity contribution in [3.63, 3.8) is 0 Å². The van der Waals surface area contributed by atoms with Crippen LogP contribution in [-0.4, -0.2) is 19.7 Å². The average molecular weight is 332 g/mol. The fourth-order valence-electron chi connectivity index (χ4n) is 1.78. The van der Waals surface area contributed by atoms with Crippen molar-refractivity contribution in [2.24, 2.45) is 0 Å². The SMILES string of the molecule is CCCNCCCCCCOc1cc(Br)ccc1F. The van der Waals surface area contributed by atoms with Gasteiger partial charge in [-0.05, 0) is 50.6 Å². The maximum atomic E-state index is 13.4. The van der Waals surface area contributed by atoms with E-state index in [4.69, 9.17) is 4.74 Å². The number of hydrogen-bond donors (Lipinski definition) is 1. The van der Waals surface area contributed by atoms with Crippen LogP contribution in [0.15, 0.2) is 22.7 Å². The molecule has 19 heavy (non-hydrogen) atoms. The zero-order chi connectivity index (χ0) is 13.9. The fourth-order valence-corrected chi connectivity index (χ4v) is 2.12. The predicted octanol–water partition coefficient (Wildman–Crippen LogP) is 4.53. The van der Waals surface area contributed by atoms with Crippen LogP contribution >= 0.6 is 15.9 Å². The van der Waals surface area contributed by atoms with Crippen LogP contribution in [0.2, 0.25) is 0 Å². The molecule has 1 rings (SSSR count). The van der Waals surface area contributed by atoms with Crippen LogP contribution in [0, 0.1) is 5.82 Å². The number of nitrogens with one attached hydrogen (secondary N) is 1. The molecule has 1 aromatic rings. The van der Waals surface area contributed by atoms with Crippen LogP contribution in [0.5, 0.6) is 5.75 Å². The monoisotopic (exact) mass is 331 g/mol. The third kappa shape index (κ3) is 7.53. The highest BCUT2D eigenvalue weighted by Gasteiger charge is 2.03. The number of hydrogen-bond acceptors (Lipinski definition) is 2. The lowest BCUT2D eigenvalue weighted by Gasteiger charge is -2.07. The van der Waals surface area contributed by atoms with E-state index in [2.05, 4.69) is 28.2 Å². The summed E-state index contributed by atoms with van der Waals surface area (Å²) < 4.78 is 19.6. The third-order valence-electron chi connectivity index (χ3n) is 2.83. The van der Waals surface area contributed by atoms with Crippen molar-refractivity contribution in [3.05, 3.63) is 28.5 Å². The Morgan fingerprint density at radius 1 is 1.16 bits per heavy atom. The summed E-state index contributed by atoms with van der Waals surface area (Å²) >= 11 is 3.31. The van der Waals surface area contributed by atoms with Gasteiger partial charge in [0.1, 0.15) is 0 Å². The number of unbranched alkanes of at least 4 members (excludes halogenated alkanes) is 3. The molecule has 0 atom stereocenters. The predicted molar refractivity (Wildman–Crippen MR) is 81.2 cm³/mol. The molecule has 1 aromatic carbocycles. The van der Waals surface area contributed by atoms with E-state index in [-0.39, 0.29) is 5.82 Å². The molecule has 108 valence electrons. The van der Waals surface area contributed by atoms with Gasteiger partial charge in [0.05, 0.1) is 6.61 Å². The van der Waals surface area contributed by atoms with Crippen molar-refractivity contribution in [1.29, 1.82) is 0 Å². The molecule has 0 heterocycles. The first-order chi connectivity index (χ1) is 9.24. The zero-order valence-electron chi connectivity index (χ0n) is 11.6. The van der Waals surface area contributed by atoms with Crippen molar-refractivity contribution in [3.8, 4) is 5.75 Å². The average Bonchev–Trinajstić information content (AvgIpc) is 2.40. The first kappa shape index (κ1) is 16.4. The summed E-state index contributed by atoms with van der Waals surface area (Å²) in [5, 5.41) is 3.38. The van der Waals surface area contributed by atoms with E-state index in [1.807, 2.05) is 0 Å². The Hall–Kier alpha value is -0.610. The van der Waals surface area contributed by atoms with Crippen LogP contribution in [0.25, 0.3) is 0 Å². The summed E-state index contributed by atoms with van der Waals surface area (Å²) in [6.07, 6.45) is 5.68. The molecule has 0 aromatic heterocycles. The molecule has 0 radical (unpaired) electrons. The minimum absolute atomic E-state index is 0.299. The fraction of sp³-hybridized carbons (Fsp3) is 0.600. The van der Waals surface area contributed by atoms with Gasteiger partial charge in [-0.1, -0.05) is 35.7 Å². The molecular formula is C15H23BrFNO. The summed E-state index contributed by atoms with van der Waals surface area (Å²) in [5.41, 5.74) is 0. The molecule has 4 heteroatoms. The molecular weight excluding hydrogens is 309 g/mol. The molecule has 0 bridgehead atoms. The Balaban J connectivity index is 2.03. The summed E-state index contributed by atoms with van der Waals surface area (Å²) in [5.74, 6) is 0.0333. The van der Waals surface area contributed by atoms with Gasteiger partial charge < -0.3 is 10.1 Å². The molecule has 0 saturated heterocycles. The van der Waals surface area contributed by atoms with Crippen LogP contribution in [0.3, 0.4) is 0 Å². The molecule has 0 aliphatic rings. The molecule has 0 unspecified atom stereocenters. The lowest BCUT2D eigenvalue weighted by Crippen LogP contribution is -2.15. The Morgan fingerprint density at radius 2 is 1.95 bits per heavy atom.